The van der Waals surface area contributed by atoms with Gasteiger partial charge in [0.15, 0.2) is 0 Å². The molecule has 1 heterocycles. The maximum Gasteiger partial charge on any atom is 0.410 e. The Morgan fingerprint density at radius 3 is 2.24 bits per heavy atom. The number of aliphatic carboxylic acids is 1. The van der Waals surface area contributed by atoms with Crippen molar-refractivity contribution in [3.05, 3.63) is 35.9 Å². The summed E-state index contributed by atoms with van der Waals surface area (Å²) in [7, 11) is 0. The molecule has 2 atom stereocenters. The second kappa shape index (κ2) is 11.9. The lowest BCUT2D eigenvalue weighted by Crippen LogP contribution is -2.47. The number of benzene rings is 1. The van der Waals surface area contributed by atoms with Crippen molar-refractivity contribution in [1.82, 2.24) is 10.2 Å². The number of nitrogens with one attached hydrogen (secondary N) is 1. The van der Waals surface area contributed by atoms with Crippen LogP contribution in [-0.2, 0) is 20.7 Å². The van der Waals surface area contributed by atoms with E-state index in [0.717, 1.165) is 5.56 Å². The molecule has 0 aromatic heterocycles. The molecule has 2 N–H and O–H groups in total. The first-order chi connectivity index (χ1) is 15.4. The molecule has 1 fully saturated rings. The van der Waals surface area contributed by atoms with Crippen LogP contribution in [0, 0.1) is 11.8 Å². The number of ether oxygens (including phenoxy) is 2. The number of hydrogen-bond acceptors (Lipinski definition) is 5. The number of hydrogen-bond donors (Lipinski definition) is 2. The lowest BCUT2D eigenvalue weighted by molar-refractivity contribution is -0.139. The molecule has 33 heavy (non-hydrogen) atoms. The van der Waals surface area contributed by atoms with Crippen molar-refractivity contribution in [2.45, 2.75) is 78.0 Å². The van der Waals surface area contributed by atoms with Crippen molar-refractivity contribution in [3.63, 3.8) is 0 Å². The molecular formula is C25H38N2O6. The van der Waals surface area contributed by atoms with Crippen LogP contribution in [0.25, 0.3) is 0 Å². The van der Waals surface area contributed by atoms with Gasteiger partial charge in [-0.3, -0.25) is 0 Å². The van der Waals surface area contributed by atoms with Gasteiger partial charge in [0.25, 0.3) is 0 Å². The molecule has 0 bridgehead atoms. The summed E-state index contributed by atoms with van der Waals surface area (Å²) in [5.74, 6) is -0.919. The molecule has 0 aliphatic carbocycles. The Labute approximate surface area is 196 Å². The quantitative estimate of drug-likeness (QED) is 0.591. The second-order valence-electron chi connectivity index (χ2n) is 10.1. The van der Waals surface area contributed by atoms with E-state index in [0.29, 0.717) is 38.8 Å². The molecule has 1 aliphatic heterocycles. The van der Waals surface area contributed by atoms with E-state index in [2.05, 4.69) is 5.32 Å². The minimum absolute atomic E-state index is 0.0445. The number of likely N-dealkylation sites (tertiary alicyclic amines) is 1. The molecule has 1 saturated heterocycles. The number of amides is 2. The fraction of sp³-hybridized carbons (Fsp3) is 0.640. The summed E-state index contributed by atoms with van der Waals surface area (Å²) in [5, 5.41) is 11.9. The average Bonchev–Trinajstić information content (AvgIpc) is 2.72. The van der Waals surface area contributed by atoms with Crippen molar-refractivity contribution in [2.75, 3.05) is 13.1 Å². The van der Waals surface area contributed by atoms with Gasteiger partial charge < -0.3 is 24.8 Å². The van der Waals surface area contributed by atoms with Crippen molar-refractivity contribution in [2.24, 2.45) is 11.8 Å². The summed E-state index contributed by atoms with van der Waals surface area (Å²) in [4.78, 5) is 38.2. The van der Waals surface area contributed by atoms with Crippen LogP contribution in [0.5, 0.6) is 0 Å². The number of carboxylic acids is 1. The summed E-state index contributed by atoms with van der Waals surface area (Å²) >= 11 is 0. The molecular weight excluding hydrogens is 424 g/mol. The van der Waals surface area contributed by atoms with E-state index in [-0.39, 0.29) is 17.9 Å². The van der Waals surface area contributed by atoms with E-state index in [9.17, 15) is 19.5 Å². The molecule has 8 nitrogen and oxygen atoms in total. The topological polar surface area (TPSA) is 105 Å². The highest BCUT2D eigenvalue weighted by atomic mass is 16.6. The number of carbonyl (C=O) groups excluding carboxylic acids is 2. The molecule has 184 valence electrons. The Balaban J connectivity index is 2.05. The van der Waals surface area contributed by atoms with Crippen molar-refractivity contribution in [3.8, 4) is 0 Å². The van der Waals surface area contributed by atoms with Gasteiger partial charge in [-0.1, -0.05) is 44.2 Å². The fourth-order valence-electron chi connectivity index (χ4n) is 3.94. The van der Waals surface area contributed by atoms with Crippen LogP contribution in [0.2, 0.25) is 0 Å². The molecule has 2 amide bonds. The molecule has 0 radical (unpaired) electrons. The number of alkyl carbamates (subject to hydrolysis) is 1. The summed E-state index contributed by atoms with van der Waals surface area (Å²) in [6.45, 7) is 10.3. The zero-order valence-electron chi connectivity index (χ0n) is 20.4. The maximum absolute atomic E-state index is 12.6. The molecule has 0 saturated carbocycles. The highest BCUT2D eigenvalue weighted by Crippen LogP contribution is 2.26. The van der Waals surface area contributed by atoms with Crippen molar-refractivity contribution in [1.29, 1.82) is 0 Å². The highest BCUT2D eigenvalue weighted by molar-refractivity contribution is 5.79. The zero-order chi connectivity index (χ0) is 24.6. The third-order valence-electron chi connectivity index (χ3n) is 5.55. The third kappa shape index (κ3) is 9.32. The second-order valence-corrected chi connectivity index (χ2v) is 10.1. The number of carbonyl (C=O) groups is 3. The lowest BCUT2D eigenvalue weighted by atomic mass is 9.88. The molecule has 1 aliphatic rings. The van der Waals surface area contributed by atoms with Crippen LogP contribution in [-0.4, -0.2) is 59.0 Å². The van der Waals surface area contributed by atoms with Crippen molar-refractivity contribution < 1.29 is 29.0 Å². The Morgan fingerprint density at radius 2 is 1.73 bits per heavy atom. The maximum atomic E-state index is 12.6. The standard InChI is InChI=1S/C25H38N2O6/c1-17(2)15-20(22(28)29)26-23(30)32-21(16-18-9-7-6-8-10-18)19-11-13-27(14-12-19)24(31)33-25(3,4)5/h6-10,17,19-21H,11-16H2,1-5H3,(H,26,30)(H,28,29)/t20-,21?/m0/s1. The average molecular weight is 463 g/mol. The molecule has 8 heteroatoms. The first-order valence-corrected chi connectivity index (χ1v) is 11.7. The van der Waals surface area contributed by atoms with Crippen LogP contribution in [0.1, 0.15) is 59.4 Å². The van der Waals surface area contributed by atoms with Gasteiger partial charge in [0, 0.05) is 19.5 Å². The summed E-state index contributed by atoms with van der Waals surface area (Å²) in [6, 6.07) is 8.74. The first-order valence-electron chi connectivity index (χ1n) is 11.7. The Bertz CT molecular complexity index is 782. The van der Waals surface area contributed by atoms with Gasteiger partial charge in [-0.15, -0.1) is 0 Å². The highest BCUT2D eigenvalue weighted by Gasteiger charge is 2.33. The van der Waals surface area contributed by atoms with Gasteiger partial charge in [0.1, 0.15) is 17.7 Å². The van der Waals surface area contributed by atoms with Gasteiger partial charge in [0.2, 0.25) is 0 Å². The Kier molecular flexibility index (Phi) is 9.56. The minimum atomic E-state index is -1.08. The van der Waals surface area contributed by atoms with Crippen LogP contribution < -0.4 is 5.32 Å². The molecule has 0 spiro atoms. The number of carboxylic acid groups (broad SMARTS) is 1. The normalized spacial score (nSPS) is 16.7. The van der Waals surface area contributed by atoms with E-state index in [1.807, 2.05) is 65.0 Å². The fourth-order valence-corrected chi connectivity index (χ4v) is 3.94. The summed E-state index contributed by atoms with van der Waals surface area (Å²) in [6.07, 6.45) is 0.684. The third-order valence-corrected chi connectivity index (χ3v) is 5.55. The van der Waals surface area contributed by atoms with E-state index in [4.69, 9.17) is 9.47 Å². The largest absolute Gasteiger partial charge is 0.480 e. The Morgan fingerprint density at radius 1 is 1.12 bits per heavy atom. The number of nitrogens with zero attached hydrogens (tertiary/aromatic N) is 1. The zero-order valence-corrected chi connectivity index (χ0v) is 20.4. The van der Waals surface area contributed by atoms with Gasteiger partial charge in [-0.05, 0) is 57.4 Å². The van der Waals surface area contributed by atoms with Gasteiger partial charge >= 0.3 is 18.2 Å². The predicted molar refractivity (Wildman–Crippen MR) is 125 cm³/mol. The van der Waals surface area contributed by atoms with Crippen LogP contribution in [0.4, 0.5) is 9.59 Å². The molecule has 1 aromatic carbocycles. The molecule has 1 aromatic rings. The van der Waals surface area contributed by atoms with E-state index in [1.54, 1.807) is 4.90 Å². The molecule has 1 unspecified atom stereocenters. The first kappa shape index (κ1) is 26.5. The summed E-state index contributed by atoms with van der Waals surface area (Å²) in [5.41, 5.74) is 0.476. The SMILES string of the molecule is CC(C)C[C@H](NC(=O)OC(Cc1ccccc1)C1CCN(C(=O)OC(C)(C)C)CC1)C(=O)O. The Hall–Kier alpha value is -2.77. The van der Waals surface area contributed by atoms with Gasteiger partial charge in [-0.25, -0.2) is 14.4 Å². The smallest absolute Gasteiger partial charge is 0.410 e. The minimum Gasteiger partial charge on any atom is -0.480 e. The molecule has 2 rings (SSSR count). The van der Waals surface area contributed by atoms with E-state index < -0.39 is 29.8 Å². The van der Waals surface area contributed by atoms with E-state index >= 15 is 0 Å². The van der Waals surface area contributed by atoms with Gasteiger partial charge in [0.05, 0.1) is 0 Å². The van der Waals surface area contributed by atoms with Gasteiger partial charge in [-0.2, -0.15) is 0 Å². The van der Waals surface area contributed by atoms with Crippen LogP contribution in [0.3, 0.4) is 0 Å². The van der Waals surface area contributed by atoms with Crippen LogP contribution in [0.15, 0.2) is 30.3 Å². The number of rotatable bonds is 8. The lowest BCUT2D eigenvalue weighted by Gasteiger charge is -2.36. The summed E-state index contributed by atoms with van der Waals surface area (Å²) < 4.78 is 11.3. The predicted octanol–water partition coefficient (Wildman–Crippen LogP) is 4.47. The van der Waals surface area contributed by atoms with Crippen molar-refractivity contribution >= 4 is 18.2 Å². The number of piperidine rings is 1. The monoisotopic (exact) mass is 462 g/mol. The van der Waals surface area contributed by atoms with Crippen LogP contribution >= 0.6 is 0 Å². The van der Waals surface area contributed by atoms with E-state index in [1.165, 1.54) is 0 Å².